The second-order valence-corrected chi connectivity index (χ2v) is 16.2. The molecule has 4 amide bonds. The summed E-state index contributed by atoms with van der Waals surface area (Å²) in [6, 6.07) is 16.3. The van der Waals surface area contributed by atoms with Gasteiger partial charge in [0, 0.05) is 41.7 Å². The Morgan fingerprint density at radius 2 is 1.43 bits per heavy atom. The largest absolute Gasteiger partial charge is 0.351 e. The number of hydrogen-bond acceptors (Lipinski definition) is 8. The fraction of sp³-hybridized carbons (Fsp3) is 0.447. The molecule has 288 valence electrons. The van der Waals surface area contributed by atoms with Gasteiger partial charge in [-0.05, 0) is 54.9 Å². The highest BCUT2D eigenvalue weighted by Crippen LogP contribution is 2.21. The van der Waals surface area contributed by atoms with Crippen LogP contribution in [0.1, 0.15) is 75.4 Å². The Morgan fingerprint density at radius 3 is 2.02 bits per heavy atom. The van der Waals surface area contributed by atoms with Crippen molar-refractivity contribution in [2.75, 3.05) is 17.5 Å². The zero-order chi connectivity index (χ0) is 39.2. The summed E-state index contributed by atoms with van der Waals surface area (Å²) in [5.74, 6) is -1.62. The van der Waals surface area contributed by atoms with Crippen molar-refractivity contribution in [3.8, 4) is 0 Å². The molecule has 14 nitrogen and oxygen atoms in total. The van der Waals surface area contributed by atoms with E-state index >= 15 is 0 Å². The topological polar surface area (TPSA) is 199 Å². The standard InChI is InChI=1S/C38H53N7O7S/c1-7-11-32(42-37(49)33(23-38(3,4)5)43-35(47)29-18-20-45(50)21-19-29)36(48)41-31(22-27-12-9-8-10-13-27)25-39-26(2)34(46)40-24-28-14-16-30(17-15-28)44-53(6,51)52/h8-10,12-21,26,31-33,39,44H,7,11,22-25H2,1-6H3,(H4-,40,41,42,43,46,47,48,49,50)/p+1/t26-,31-,32-,33?/m0/s1. The van der Waals surface area contributed by atoms with Crippen LogP contribution in [0.15, 0.2) is 79.1 Å². The molecule has 0 radical (unpaired) electrons. The molecule has 53 heavy (non-hydrogen) atoms. The molecule has 0 spiro atoms. The number of aromatic nitrogens is 1. The van der Waals surface area contributed by atoms with Crippen molar-refractivity contribution in [1.29, 1.82) is 0 Å². The first kappa shape index (κ1) is 42.4. The van der Waals surface area contributed by atoms with Gasteiger partial charge in [-0.15, -0.1) is 0 Å². The lowest BCUT2D eigenvalue weighted by molar-refractivity contribution is -0.904. The van der Waals surface area contributed by atoms with E-state index in [1.54, 1.807) is 31.2 Å². The van der Waals surface area contributed by atoms with Crippen LogP contribution in [-0.2, 0) is 37.4 Å². The maximum absolute atomic E-state index is 13.8. The van der Waals surface area contributed by atoms with E-state index in [0.29, 0.717) is 31.4 Å². The predicted octanol–water partition coefficient (Wildman–Crippen LogP) is 2.42. The molecule has 3 rings (SSSR count). The molecule has 0 saturated carbocycles. The van der Waals surface area contributed by atoms with E-state index < -0.39 is 46.0 Å². The van der Waals surface area contributed by atoms with Crippen LogP contribution in [0, 0.1) is 5.41 Å². The van der Waals surface area contributed by atoms with E-state index in [-0.39, 0.29) is 35.9 Å². The molecule has 1 aromatic heterocycles. The van der Waals surface area contributed by atoms with Gasteiger partial charge in [-0.1, -0.05) is 76.6 Å². The molecule has 4 atom stereocenters. The van der Waals surface area contributed by atoms with Crippen LogP contribution in [0.4, 0.5) is 5.69 Å². The summed E-state index contributed by atoms with van der Waals surface area (Å²) < 4.78 is 26.1. The van der Waals surface area contributed by atoms with Gasteiger partial charge in [-0.25, -0.2) is 8.42 Å². The Morgan fingerprint density at radius 1 is 0.811 bits per heavy atom. The van der Waals surface area contributed by atoms with Crippen LogP contribution in [0.2, 0.25) is 0 Å². The molecule has 0 fully saturated rings. The first-order valence-electron chi connectivity index (χ1n) is 17.7. The number of nitrogens with zero attached hydrogens (tertiary/aromatic N) is 1. The smallest absolute Gasteiger partial charge is 0.252 e. The van der Waals surface area contributed by atoms with E-state index in [2.05, 4.69) is 31.3 Å². The summed E-state index contributed by atoms with van der Waals surface area (Å²) in [6.07, 6.45) is 5.43. The van der Waals surface area contributed by atoms with Crippen molar-refractivity contribution in [2.24, 2.45) is 5.41 Å². The Kier molecular flexibility index (Phi) is 15.8. The number of pyridine rings is 1. The van der Waals surface area contributed by atoms with Gasteiger partial charge in [0.15, 0.2) is 0 Å². The van der Waals surface area contributed by atoms with E-state index in [1.165, 1.54) is 24.5 Å². The van der Waals surface area contributed by atoms with Crippen LogP contribution in [-0.4, -0.2) is 74.2 Å². The van der Waals surface area contributed by atoms with Crippen molar-refractivity contribution >= 4 is 39.3 Å². The molecule has 0 saturated heterocycles. The van der Waals surface area contributed by atoms with Crippen LogP contribution in [0.5, 0.6) is 0 Å². The fourth-order valence-electron chi connectivity index (χ4n) is 5.50. The molecule has 7 N–H and O–H groups in total. The van der Waals surface area contributed by atoms with Gasteiger partial charge in [-0.3, -0.25) is 29.1 Å². The highest BCUT2D eigenvalue weighted by atomic mass is 32.2. The summed E-state index contributed by atoms with van der Waals surface area (Å²) in [5.41, 5.74) is 2.11. The Bertz CT molecular complexity index is 1760. The minimum Gasteiger partial charge on any atom is -0.351 e. The minimum absolute atomic E-state index is 0.233. The summed E-state index contributed by atoms with van der Waals surface area (Å²) in [5, 5.41) is 24.4. The Labute approximate surface area is 312 Å². The van der Waals surface area contributed by atoms with Gasteiger partial charge in [0.1, 0.15) is 12.1 Å². The molecule has 0 aliphatic carbocycles. The number of benzene rings is 2. The molecular formula is C38H54N7O7S+. The molecule has 0 aliphatic heterocycles. The predicted molar refractivity (Wildman–Crippen MR) is 202 cm³/mol. The number of amides is 4. The molecule has 1 heterocycles. The van der Waals surface area contributed by atoms with Gasteiger partial charge in [0.25, 0.3) is 5.91 Å². The van der Waals surface area contributed by atoms with Crippen LogP contribution >= 0.6 is 0 Å². The summed E-state index contributed by atoms with van der Waals surface area (Å²) in [7, 11) is -3.40. The molecule has 0 aliphatic rings. The molecular weight excluding hydrogens is 699 g/mol. The summed E-state index contributed by atoms with van der Waals surface area (Å²) in [4.78, 5) is 53.5. The first-order chi connectivity index (χ1) is 24.9. The van der Waals surface area contributed by atoms with Crippen molar-refractivity contribution in [1.82, 2.24) is 26.6 Å². The normalized spacial score (nSPS) is 13.8. The quantitative estimate of drug-likeness (QED) is 0.0716. The second kappa shape index (κ2) is 19.7. The maximum Gasteiger partial charge on any atom is 0.252 e. The van der Waals surface area contributed by atoms with Gasteiger partial charge < -0.3 is 26.6 Å². The van der Waals surface area contributed by atoms with Gasteiger partial charge in [-0.2, -0.15) is 0 Å². The number of nitrogens with one attached hydrogen (secondary N) is 6. The van der Waals surface area contributed by atoms with Crippen molar-refractivity contribution in [2.45, 2.75) is 91.0 Å². The number of rotatable bonds is 19. The molecule has 3 aromatic rings. The maximum atomic E-state index is 13.8. The van der Waals surface area contributed by atoms with E-state index in [4.69, 9.17) is 0 Å². The molecule has 0 bridgehead atoms. The van der Waals surface area contributed by atoms with Crippen molar-refractivity contribution < 1.29 is 37.5 Å². The second-order valence-electron chi connectivity index (χ2n) is 14.4. The SMILES string of the molecule is CCC[C@H](NC(=O)C(CC(C)(C)C)NC(=O)c1cc[n+](O)cc1)C(=O)N[C@H](CN[C@@H](C)C(=O)NCc1ccc(NS(C)(=O)=O)cc1)Cc1ccccc1. The number of carbonyl (C=O) groups is 4. The van der Waals surface area contributed by atoms with E-state index in [9.17, 15) is 32.8 Å². The molecule has 2 aromatic carbocycles. The van der Waals surface area contributed by atoms with Gasteiger partial charge in [0.2, 0.25) is 40.1 Å². The minimum atomic E-state index is -3.40. The van der Waals surface area contributed by atoms with Crippen LogP contribution in [0.25, 0.3) is 0 Å². The number of anilines is 1. The molecule has 15 heteroatoms. The third-order valence-corrected chi connectivity index (χ3v) is 8.79. The highest BCUT2D eigenvalue weighted by molar-refractivity contribution is 7.92. The lowest BCUT2D eigenvalue weighted by Crippen LogP contribution is -2.57. The monoisotopic (exact) mass is 752 g/mol. The lowest BCUT2D eigenvalue weighted by Gasteiger charge is -2.29. The van der Waals surface area contributed by atoms with Gasteiger partial charge in [0.05, 0.1) is 17.9 Å². The zero-order valence-corrected chi connectivity index (χ0v) is 32.1. The third-order valence-electron chi connectivity index (χ3n) is 8.18. The van der Waals surface area contributed by atoms with Gasteiger partial charge >= 0.3 is 0 Å². The van der Waals surface area contributed by atoms with Crippen LogP contribution < -0.4 is 36.0 Å². The zero-order valence-electron chi connectivity index (χ0n) is 31.3. The summed E-state index contributed by atoms with van der Waals surface area (Å²) in [6.45, 7) is 9.97. The number of sulfonamides is 1. The molecule has 1 unspecified atom stereocenters. The van der Waals surface area contributed by atoms with E-state index in [0.717, 1.165) is 22.1 Å². The first-order valence-corrected chi connectivity index (χ1v) is 19.6. The average molecular weight is 753 g/mol. The van der Waals surface area contributed by atoms with Crippen molar-refractivity contribution in [3.63, 3.8) is 0 Å². The number of hydrogen-bond donors (Lipinski definition) is 7. The Balaban J connectivity index is 1.67. The average Bonchev–Trinajstić information content (AvgIpc) is 3.08. The lowest BCUT2D eigenvalue weighted by atomic mass is 9.87. The van der Waals surface area contributed by atoms with Crippen LogP contribution in [0.3, 0.4) is 0 Å². The van der Waals surface area contributed by atoms with E-state index in [1.807, 2.05) is 58.0 Å². The van der Waals surface area contributed by atoms with Crippen molar-refractivity contribution in [3.05, 3.63) is 95.8 Å². The number of carbonyl (C=O) groups excluding carboxylic acids is 4. The fourth-order valence-corrected chi connectivity index (χ4v) is 6.06. The summed E-state index contributed by atoms with van der Waals surface area (Å²) >= 11 is 0. The Hall–Kier alpha value is -5.02. The third kappa shape index (κ3) is 15.6. The highest BCUT2D eigenvalue weighted by Gasteiger charge is 2.31.